The van der Waals surface area contributed by atoms with E-state index < -0.39 is 22.0 Å². The van der Waals surface area contributed by atoms with Gasteiger partial charge in [-0.2, -0.15) is 4.31 Å². The second kappa shape index (κ2) is 7.26. The van der Waals surface area contributed by atoms with Crippen LogP contribution in [0, 0.1) is 6.92 Å². The van der Waals surface area contributed by atoms with Crippen LogP contribution in [0.4, 0.5) is 0 Å². The molecule has 0 unspecified atom stereocenters. The summed E-state index contributed by atoms with van der Waals surface area (Å²) in [6.45, 7) is 2.17. The van der Waals surface area contributed by atoms with Crippen LogP contribution in [-0.4, -0.2) is 38.8 Å². The van der Waals surface area contributed by atoms with Gasteiger partial charge < -0.3 is 10.1 Å². The number of halogens is 1. The second-order valence-corrected chi connectivity index (χ2v) is 8.25. The molecule has 1 aliphatic rings. The highest BCUT2D eigenvalue weighted by atomic mass is 35.5. The van der Waals surface area contributed by atoms with Gasteiger partial charge in [-0.05, 0) is 36.2 Å². The van der Waals surface area contributed by atoms with Crippen LogP contribution in [0.1, 0.15) is 17.2 Å². The third kappa shape index (κ3) is 3.30. The summed E-state index contributed by atoms with van der Waals surface area (Å²) in [5.74, 6) is -0.168. The number of carbonyl (C=O) groups is 1. The smallest absolute Gasteiger partial charge is 0.247 e. The van der Waals surface area contributed by atoms with Gasteiger partial charge in [-0.1, -0.05) is 35.9 Å². The molecule has 0 aliphatic carbocycles. The van der Waals surface area contributed by atoms with E-state index in [2.05, 4.69) is 5.32 Å². The van der Waals surface area contributed by atoms with E-state index in [1.807, 2.05) is 0 Å². The summed E-state index contributed by atoms with van der Waals surface area (Å²) < 4.78 is 33.2. The number of sulfonamides is 1. The number of ether oxygens (including phenoxy) is 1. The minimum absolute atomic E-state index is 0.0340. The van der Waals surface area contributed by atoms with E-state index in [4.69, 9.17) is 16.3 Å². The molecular weight excluding hydrogens is 376 g/mol. The van der Waals surface area contributed by atoms with Crippen LogP contribution in [0.15, 0.2) is 47.4 Å². The van der Waals surface area contributed by atoms with Gasteiger partial charge in [-0.25, -0.2) is 8.42 Å². The molecule has 1 fully saturated rings. The average molecular weight is 395 g/mol. The van der Waals surface area contributed by atoms with Crippen molar-refractivity contribution < 1.29 is 17.9 Å². The molecule has 1 amide bonds. The summed E-state index contributed by atoms with van der Waals surface area (Å²) in [5, 5.41) is 3.06. The zero-order valence-corrected chi connectivity index (χ0v) is 16.0. The predicted molar refractivity (Wildman–Crippen MR) is 98.8 cm³/mol. The van der Waals surface area contributed by atoms with Gasteiger partial charge in [0.25, 0.3) is 0 Å². The maximum absolute atomic E-state index is 13.4. The molecule has 0 aromatic heterocycles. The van der Waals surface area contributed by atoms with Crippen molar-refractivity contribution in [2.24, 2.45) is 0 Å². The lowest BCUT2D eigenvalue weighted by Gasteiger charge is -2.34. The first-order valence-corrected chi connectivity index (χ1v) is 9.86. The summed E-state index contributed by atoms with van der Waals surface area (Å²) in [5.41, 5.74) is 1.22. The Kier molecular flexibility index (Phi) is 5.22. The number of rotatable bonds is 4. The number of aryl methyl sites for hydroxylation is 1. The fraction of sp³-hybridized carbons (Fsp3) is 0.278. The van der Waals surface area contributed by atoms with Crippen molar-refractivity contribution in [1.82, 2.24) is 9.62 Å². The van der Waals surface area contributed by atoms with Crippen LogP contribution < -0.4 is 10.1 Å². The minimum Gasteiger partial charge on any atom is -0.495 e. The first-order chi connectivity index (χ1) is 12.4. The molecule has 1 N–H and O–H groups in total. The number of nitrogens with zero attached hydrogens (tertiary/aromatic N) is 1. The molecule has 1 saturated heterocycles. The van der Waals surface area contributed by atoms with E-state index >= 15 is 0 Å². The number of piperazine rings is 1. The lowest BCUT2D eigenvalue weighted by molar-refractivity contribution is -0.126. The summed E-state index contributed by atoms with van der Waals surface area (Å²) in [6.07, 6.45) is 0. The molecule has 1 aliphatic heterocycles. The Morgan fingerprint density at radius 2 is 1.96 bits per heavy atom. The Hall–Kier alpha value is -2.09. The Morgan fingerprint density at radius 1 is 1.23 bits per heavy atom. The molecule has 6 nitrogen and oxygen atoms in total. The normalized spacial score (nSPS) is 18.4. The predicted octanol–water partition coefficient (Wildman–Crippen LogP) is 2.52. The van der Waals surface area contributed by atoms with Gasteiger partial charge in [-0.3, -0.25) is 4.79 Å². The van der Waals surface area contributed by atoms with Gasteiger partial charge in [0.1, 0.15) is 16.7 Å². The molecule has 0 saturated carbocycles. The number of hydrogen-bond acceptors (Lipinski definition) is 4. The fourth-order valence-electron chi connectivity index (χ4n) is 3.01. The molecule has 2 aromatic carbocycles. The fourth-order valence-corrected chi connectivity index (χ4v) is 5.06. The van der Waals surface area contributed by atoms with Gasteiger partial charge in [0, 0.05) is 18.1 Å². The molecule has 0 radical (unpaired) electrons. The maximum atomic E-state index is 13.4. The van der Waals surface area contributed by atoms with Gasteiger partial charge in [-0.15, -0.1) is 0 Å². The third-order valence-electron chi connectivity index (χ3n) is 4.27. The summed E-state index contributed by atoms with van der Waals surface area (Å²) in [4.78, 5) is 12.6. The molecule has 0 bridgehead atoms. The van der Waals surface area contributed by atoms with Gasteiger partial charge in [0.15, 0.2) is 0 Å². The first kappa shape index (κ1) is 18.7. The lowest BCUT2D eigenvalue weighted by atomic mass is 10.0. The van der Waals surface area contributed by atoms with Crippen LogP contribution in [0.2, 0.25) is 5.02 Å². The van der Waals surface area contributed by atoms with Crippen LogP contribution in [0.5, 0.6) is 5.75 Å². The van der Waals surface area contributed by atoms with Crippen molar-refractivity contribution in [3.05, 3.63) is 58.6 Å². The second-order valence-electron chi connectivity index (χ2n) is 5.99. The zero-order valence-electron chi connectivity index (χ0n) is 14.4. The standard InChI is InChI=1S/C18H19ClN2O4S/c1-12-7-8-15(25-2)16(11-12)26(23,24)21-10-9-20-18(22)17(21)13-5-3-4-6-14(13)19/h3-8,11,17H,9-10H2,1-2H3,(H,20,22)/t17-/m1/s1. The third-order valence-corrected chi connectivity index (χ3v) is 6.50. The van der Waals surface area contributed by atoms with Crippen molar-refractivity contribution in [3.63, 3.8) is 0 Å². The first-order valence-electron chi connectivity index (χ1n) is 8.05. The molecule has 3 rings (SSSR count). The van der Waals surface area contributed by atoms with Crippen molar-refractivity contribution in [2.45, 2.75) is 17.9 Å². The van der Waals surface area contributed by atoms with Crippen molar-refractivity contribution in [3.8, 4) is 5.75 Å². The molecule has 8 heteroatoms. The SMILES string of the molecule is COc1ccc(C)cc1S(=O)(=O)N1CCNC(=O)[C@H]1c1ccccc1Cl. The Morgan fingerprint density at radius 3 is 2.65 bits per heavy atom. The van der Waals surface area contributed by atoms with Gasteiger partial charge >= 0.3 is 0 Å². The van der Waals surface area contributed by atoms with Crippen molar-refractivity contribution in [2.75, 3.05) is 20.2 Å². The van der Waals surface area contributed by atoms with Crippen molar-refractivity contribution in [1.29, 1.82) is 0 Å². The maximum Gasteiger partial charge on any atom is 0.247 e. The summed E-state index contributed by atoms with van der Waals surface area (Å²) in [6, 6.07) is 10.6. The number of methoxy groups -OCH3 is 1. The van der Waals surface area contributed by atoms with Crippen LogP contribution >= 0.6 is 11.6 Å². The monoisotopic (exact) mass is 394 g/mol. The minimum atomic E-state index is -3.99. The number of benzene rings is 2. The Balaban J connectivity index is 2.15. The van der Waals surface area contributed by atoms with E-state index in [0.717, 1.165) is 5.56 Å². The van der Waals surface area contributed by atoms with E-state index in [-0.39, 0.29) is 23.7 Å². The topological polar surface area (TPSA) is 75.7 Å². The summed E-state index contributed by atoms with van der Waals surface area (Å²) >= 11 is 6.24. The van der Waals surface area contributed by atoms with E-state index in [1.54, 1.807) is 49.4 Å². The molecule has 26 heavy (non-hydrogen) atoms. The highest BCUT2D eigenvalue weighted by Gasteiger charge is 2.41. The van der Waals surface area contributed by atoms with E-state index in [0.29, 0.717) is 10.6 Å². The molecule has 2 aromatic rings. The highest BCUT2D eigenvalue weighted by Crippen LogP contribution is 2.36. The van der Waals surface area contributed by atoms with Crippen LogP contribution in [0.25, 0.3) is 0 Å². The molecule has 1 atom stereocenters. The lowest BCUT2D eigenvalue weighted by Crippen LogP contribution is -2.52. The Bertz CT molecular complexity index is 946. The largest absolute Gasteiger partial charge is 0.495 e. The molecule has 0 spiro atoms. The highest BCUT2D eigenvalue weighted by molar-refractivity contribution is 7.89. The number of hydrogen-bond donors (Lipinski definition) is 1. The van der Waals surface area contributed by atoms with Gasteiger partial charge in [0.2, 0.25) is 15.9 Å². The molecule has 138 valence electrons. The Labute approximate surface area is 157 Å². The number of nitrogens with one attached hydrogen (secondary N) is 1. The van der Waals surface area contributed by atoms with Gasteiger partial charge in [0.05, 0.1) is 7.11 Å². The molecular formula is C18H19ClN2O4S. The van der Waals surface area contributed by atoms with E-state index in [9.17, 15) is 13.2 Å². The summed E-state index contributed by atoms with van der Waals surface area (Å²) in [7, 11) is -2.57. The molecule has 1 heterocycles. The quantitative estimate of drug-likeness (QED) is 0.864. The number of amides is 1. The zero-order chi connectivity index (χ0) is 18.9. The van der Waals surface area contributed by atoms with Crippen LogP contribution in [-0.2, 0) is 14.8 Å². The number of carbonyl (C=O) groups excluding carboxylic acids is 1. The average Bonchev–Trinajstić information content (AvgIpc) is 2.62. The van der Waals surface area contributed by atoms with E-state index in [1.165, 1.54) is 11.4 Å². The van der Waals surface area contributed by atoms with Crippen LogP contribution in [0.3, 0.4) is 0 Å². The van der Waals surface area contributed by atoms with Crippen molar-refractivity contribution >= 4 is 27.5 Å².